The molecule has 2 amide bonds. The van der Waals surface area contributed by atoms with Crippen molar-refractivity contribution in [2.24, 2.45) is 0 Å². The summed E-state index contributed by atoms with van der Waals surface area (Å²) in [6.45, 7) is 1.72. The number of carbonyl (C=O) groups excluding carboxylic acids is 1. The van der Waals surface area contributed by atoms with Gasteiger partial charge >= 0.3 is 12.2 Å². The van der Waals surface area contributed by atoms with Crippen molar-refractivity contribution in [1.29, 1.82) is 0 Å². The van der Waals surface area contributed by atoms with Crippen molar-refractivity contribution < 1.29 is 18.0 Å². The number of para-hydroxylation sites is 1. The summed E-state index contributed by atoms with van der Waals surface area (Å²) >= 11 is 0. The van der Waals surface area contributed by atoms with Crippen LogP contribution in [0.25, 0.3) is 11.2 Å². The largest absolute Gasteiger partial charge is 0.449 e. The standard InChI is InChI=1S/C17H16F3N5O/c1-11-5-2-3-6-12(11)24-16(26)22-9-10-25-14-13(7-4-8-21-14)23-15(25)17(18,19)20/h2-8H,9-10H2,1H3,(H2,22,24,26). The zero-order valence-electron chi connectivity index (χ0n) is 13.8. The third kappa shape index (κ3) is 3.76. The van der Waals surface area contributed by atoms with Crippen LogP contribution < -0.4 is 10.6 Å². The molecule has 0 unspecified atom stereocenters. The van der Waals surface area contributed by atoms with Crippen LogP contribution in [0.15, 0.2) is 42.6 Å². The topological polar surface area (TPSA) is 71.8 Å². The van der Waals surface area contributed by atoms with Gasteiger partial charge in [-0.05, 0) is 30.7 Å². The number of carbonyl (C=O) groups is 1. The lowest BCUT2D eigenvalue weighted by Crippen LogP contribution is -2.32. The number of imidazole rings is 1. The number of pyridine rings is 1. The summed E-state index contributed by atoms with van der Waals surface area (Å²) in [6.07, 6.45) is -3.21. The van der Waals surface area contributed by atoms with E-state index in [-0.39, 0.29) is 24.3 Å². The second-order valence-electron chi connectivity index (χ2n) is 5.63. The molecule has 0 atom stereocenters. The number of aromatic nitrogens is 3. The van der Waals surface area contributed by atoms with E-state index in [9.17, 15) is 18.0 Å². The predicted octanol–water partition coefficient (Wildman–Crippen LogP) is 3.58. The normalized spacial score (nSPS) is 11.5. The predicted molar refractivity (Wildman–Crippen MR) is 90.7 cm³/mol. The van der Waals surface area contributed by atoms with Crippen molar-refractivity contribution in [3.8, 4) is 0 Å². The van der Waals surface area contributed by atoms with Crippen molar-refractivity contribution in [2.75, 3.05) is 11.9 Å². The molecule has 0 bridgehead atoms. The Morgan fingerprint density at radius 3 is 2.69 bits per heavy atom. The number of aryl methyl sites for hydroxylation is 1. The lowest BCUT2D eigenvalue weighted by atomic mass is 10.2. The van der Waals surface area contributed by atoms with Gasteiger partial charge in [0.05, 0.1) is 0 Å². The Kier molecular flexibility index (Phi) is 4.79. The Hall–Kier alpha value is -3.10. The molecular weight excluding hydrogens is 347 g/mol. The molecule has 9 heteroatoms. The molecule has 2 N–H and O–H groups in total. The quantitative estimate of drug-likeness (QED) is 0.744. The van der Waals surface area contributed by atoms with Crippen LogP contribution >= 0.6 is 0 Å². The smallest absolute Gasteiger partial charge is 0.336 e. The highest BCUT2D eigenvalue weighted by Gasteiger charge is 2.37. The molecular formula is C17H16F3N5O. The number of halogens is 3. The van der Waals surface area contributed by atoms with Gasteiger partial charge in [0.1, 0.15) is 5.52 Å². The third-order valence-corrected chi connectivity index (χ3v) is 3.77. The molecule has 2 aromatic heterocycles. The maximum atomic E-state index is 13.2. The van der Waals surface area contributed by atoms with E-state index in [2.05, 4.69) is 20.6 Å². The van der Waals surface area contributed by atoms with Crippen LogP contribution in [0.2, 0.25) is 0 Å². The minimum Gasteiger partial charge on any atom is -0.336 e. The van der Waals surface area contributed by atoms with E-state index in [1.54, 1.807) is 12.1 Å². The van der Waals surface area contributed by atoms with Crippen LogP contribution in [-0.4, -0.2) is 27.1 Å². The number of alkyl halides is 3. The fraction of sp³-hybridized carbons (Fsp3) is 0.235. The van der Waals surface area contributed by atoms with Gasteiger partial charge < -0.3 is 15.2 Å². The lowest BCUT2D eigenvalue weighted by molar-refractivity contribution is -0.146. The highest BCUT2D eigenvalue weighted by atomic mass is 19.4. The third-order valence-electron chi connectivity index (χ3n) is 3.77. The van der Waals surface area contributed by atoms with Crippen molar-refractivity contribution in [1.82, 2.24) is 19.9 Å². The number of hydrogen-bond acceptors (Lipinski definition) is 3. The number of nitrogens with zero attached hydrogens (tertiary/aromatic N) is 3. The molecule has 2 heterocycles. The number of benzene rings is 1. The number of amides is 2. The van der Waals surface area contributed by atoms with Gasteiger partial charge in [-0.3, -0.25) is 0 Å². The first-order chi connectivity index (χ1) is 12.4. The van der Waals surface area contributed by atoms with E-state index in [0.717, 1.165) is 10.1 Å². The van der Waals surface area contributed by atoms with Crippen molar-refractivity contribution in [2.45, 2.75) is 19.6 Å². The van der Waals surface area contributed by atoms with Crippen molar-refractivity contribution in [3.63, 3.8) is 0 Å². The van der Waals surface area contributed by atoms with Gasteiger partial charge in [-0.1, -0.05) is 18.2 Å². The molecule has 0 aliphatic rings. The zero-order valence-corrected chi connectivity index (χ0v) is 13.8. The number of nitrogens with one attached hydrogen (secondary N) is 2. The van der Waals surface area contributed by atoms with Gasteiger partial charge in [0.15, 0.2) is 5.65 Å². The van der Waals surface area contributed by atoms with E-state index >= 15 is 0 Å². The minimum atomic E-state index is -4.61. The van der Waals surface area contributed by atoms with Gasteiger partial charge in [-0.15, -0.1) is 0 Å². The Bertz CT molecular complexity index is 936. The number of urea groups is 1. The molecule has 0 aliphatic carbocycles. The molecule has 6 nitrogen and oxygen atoms in total. The van der Waals surface area contributed by atoms with E-state index in [1.165, 1.54) is 18.3 Å². The molecule has 0 saturated carbocycles. The van der Waals surface area contributed by atoms with E-state index in [0.29, 0.717) is 5.69 Å². The van der Waals surface area contributed by atoms with Gasteiger partial charge in [0.2, 0.25) is 5.82 Å². The summed E-state index contributed by atoms with van der Waals surface area (Å²) in [5, 5.41) is 5.21. The molecule has 0 aliphatic heterocycles. The molecule has 0 saturated heterocycles. The summed E-state index contributed by atoms with van der Waals surface area (Å²) in [4.78, 5) is 19.5. The van der Waals surface area contributed by atoms with Gasteiger partial charge in [-0.2, -0.15) is 13.2 Å². The SMILES string of the molecule is Cc1ccccc1NC(=O)NCCn1c(C(F)(F)F)nc2cccnc21. The zero-order chi connectivity index (χ0) is 18.7. The van der Waals surface area contributed by atoms with Crippen LogP contribution in [0.5, 0.6) is 0 Å². The first-order valence-corrected chi connectivity index (χ1v) is 7.85. The highest BCUT2D eigenvalue weighted by Crippen LogP contribution is 2.30. The highest BCUT2D eigenvalue weighted by molar-refractivity contribution is 5.90. The Labute approximate surface area is 147 Å². The molecule has 3 aromatic rings. The average molecular weight is 363 g/mol. The maximum absolute atomic E-state index is 13.2. The minimum absolute atomic E-state index is 0.0111. The number of anilines is 1. The van der Waals surface area contributed by atoms with Gasteiger partial charge in [0, 0.05) is 25.0 Å². The Balaban J connectivity index is 1.70. The molecule has 0 fully saturated rings. The summed E-state index contributed by atoms with van der Waals surface area (Å²) in [6, 6.07) is 9.69. The number of rotatable bonds is 4. The first kappa shape index (κ1) is 17.7. The Morgan fingerprint density at radius 1 is 1.19 bits per heavy atom. The molecule has 0 radical (unpaired) electrons. The Morgan fingerprint density at radius 2 is 1.96 bits per heavy atom. The summed E-state index contributed by atoms with van der Waals surface area (Å²) in [7, 11) is 0. The molecule has 0 spiro atoms. The second kappa shape index (κ2) is 7.03. The van der Waals surface area contributed by atoms with Gasteiger partial charge in [-0.25, -0.2) is 14.8 Å². The second-order valence-corrected chi connectivity index (χ2v) is 5.63. The molecule has 3 rings (SSSR count). The number of hydrogen-bond donors (Lipinski definition) is 2. The summed E-state index contributed by atoms with van der Waals surface area (Å²) in [5.41, 5.74) is 1.80. The van der Waals surface area contributed by atoms with Crippen LogP contribution in [0.1, 0.15) is 11.4 Å². The summed E-state index contributed by atoms with van der Waals surface area (Å²) < 4.78 is 40.5. The fourth-order valence-corrected chi connectivity index (χ4v) is 2.55. The average Bonchev–Trinajstić information content (AvgIpc) is 2.96. The maximum Gasteiger partial charge on any atom is 0.449 e. The van der Waals surface area contributed by atoms with Crippen LogP contribution in [-0.2, 0) is 12.7 Å². The number of fused-ring (bicyclic) bond motifs is 1. The van der Waals surface area contributed by atoms with Crippen molar-refractivity contribution in [3.05, 3.63) is 54.0 Å². The molecule has 26 heavy (non-hydrogen) atoms. The van der Waals surface area contributed by atoms with E-state index < -0.39 is 18.0 Å². The van der Waals surface area contributed by atoms with E-state index in [4.69, 9.17) is 0 Å². The fourth-order valence-electron chi connectivity index (χ4n) is 2.55. The van der Waals surface area contributed by atoms with Crippen molar-refractivity contribution >= 4 is 22.9 Å². The summed E-state index contributed by atoms with van der Waals surface area (Å²) in [5.74, 6) is -1.03. The first-order valence-electron chi connectivity index (χ1n) is 7.85. The van der Waals surface area contributed by atoms with Crippen LogP contribution in [0.3, 0.4) is 0 Å². The van der Waals surface area contributed by atoms with Gasteiger partial charge in [0.25, 0.3) is 0 Å². The van der Waals surface area contributed by atoms with E-state index in [1.807, 2.05) is 19.1 Å². The lowest BCUT2D eigenvalue weighted by Gasteiger charge is -2.12. The molecule has 136 valence electrons. The molecule has 1 aromatic carbocycles. The van der Waals surface area contributed by atoms with Crippen LogP contribution in [0, 0.1) is 6.92 Å². The monoisotopic (exact) mass is 363 g/mol. The van der Waals surface area contributed by atoms with Crippen LogP contribution in [0.4, 0.5) is 23.7 Å².